The van der Waals surface area contributed by atoms with Crippen LogP contribution in [0.3, 0.4) is 0 Å². The zero-order valence-corrected chi connectivity index (χ0v) is 14.1. The molecule has 0 fully saturated rings. The molecule has 0 amide bonds. The van der Waals surface area contributed by atoms with Crippen molar-refractivity contribution in [3.8, 4) is 11.5 Å². The Morgan fingerprint density at radius 2 is 1.56 bits per heavy atom. The maximum Gasteiger partial charge on any atom is 0.337 e. The first-order valence-electron chi connectivity index (χ1n) is 7.72. The number of phenols is 2. The van der Waals surface area contributed by atoms with Gasteiger partial charge in [-0.3, -0.25) is 9.98 Å². The minimum Gasteiger partial charge on any atom is -0.507 e. The number of hydrogen-bond donors (Lipinski definition) is 2. The van der Waals surface area contributed by atoms with Crippen molar-refractivity contribution in [3.63, 3.8) is 0 Å². The highest BCUT2D eigenvalue weighted by Crippen LogP contribution is 2.17. The molecular weight excluding hydrogens is 320 g/mol. The quantitative estimate of drug-likeness (QED) is 0.480. The number of aliphatic imine (C=N–C) groups is 2. The second kappa shape index (κ2) is 8.63. The average molecular weight is 340 g/mol. The molecule has 0 radical (unpaired) electrons. The number of esters is 1. The lowest BCUT2D eigenvalue weighted by Gasteiger charge is -2.02. The summed E-state index contributed by atoms with van der Waals surface area (Å²) >= 11 is 0. The largest absolute Gasteiger partial charge is 0.507 e. The number of aryl methyl sites for hydroxylation is 1. The molecule has 0 aliphatic rings. The molecule has 25 heavy (non-hydrogen) atoms. The van der Waals surface area contributed by atoms with Crippen molar-refractivity contribution in [2.24, 2.45) is 9.98 Å². The molecule has 0 aliphatic heterocycles. The van der Waals surface area contributed by atoms with Gasteiger partial charge in [0, 0.05) is 23.6 Å². The lowest BCUT2D eigenvalue weighted by molar-refractivity contribution is 0.0600. The number of aromatic hydroxyl groups is 2. The van der Waals surface area contributed by atoms with Crippen LogP contribution in [0.25, 0.3) is 0 Å². The highest BCUT2D eigenvalue weighted by molar-refractivity contribution is 5.93. The third kappa shape index (κ3) is 5.17. The minimum atomic E-state index is -0.475. The van der Waals surface area contributed by atoms with Gasteiger partial charge in [-0.2, -0.15) is 0 Å². The normalized spacial score (nSPS) is 11.3. The lowest BCUT2D eigenvalue weighted by atomic mass is 10.1. The third-order valence-electron chi connectivity index (χ3n) is 3.45. The molecule has 0 heterocycles. The summed E-state index contributed by atoms with van der Waals surface area (Å²) in [5, 5.41) is 19.5. The van der Waals surface area contributed by atoms with Gasteiger partial charge in [0.05, 0.1) is 25.8 Å². The Bertz CT molecular complexity index is 813. The van der Waals surface area contributed by atoms with Crippen molar-refractivity contribution < 1.29 is 19.7 Å². The Hall–Kier alpha value is -3.15. The van der Waals surface area contributed by atoms with Crippen LogP contribution in [-0.2, 0) is 4.74 Å². The molecule has 2 aromatic carbocycles. The summed E-state index contributed by atoms with van der Waals surface area (Å²) in [4.78, 5) is 19.9. The molecule has 0 saturated carbocycles. The summed E-state index contributed by atoms with van der Waals surface area (Å²) in [6.07, 6.45) is 3.09. The topological polar surface area (TPSA) is 91.5 Å². The fraction of sp³-hybridized carbons (Fsp3) is 0.211. The second-order valence-corrected chi connectivity index (χ2v) is 5.40. The van der Waals surface area contributed by atoms with Gasteiger partial charge >= 0.3 is 5.97 Å². The fourth-order valence-corrected chi connectivity index (χ4v) is 2.12. The summed E-state index contributed by atoms with van der Waals surface area (Å²) in [7, 11) is 1.30. The molecule has 2 rings (SSSR count). The number of benzene rings is 2. The van der Waals surface area contributed by atoms with Gasteiger partial charge in [0.2, 0.25) is 0 Å². The van der Waals surface area contributed by atoms with Crippen LogP contribution in [0.15, 0.2) is 46.4 Å². The van der Waals surface area contributed by atoms with Crippen LogP contribution in [0, 0.1) is 6.92 Å². The molecule has 6 heteroatoms. The van der Waals surface area contributed by atoms with Gasteiger partial charge in [0.1, 0.15) is 11.5 Å². The molecule has 0 bridgehead atoms. The molecule has 130 valence electrons. The number of nitrogens with zero attached hydrogens (tertiary/aromatic N) is 2. The van der Waals surface area contributed by atoms with E-state index in [9.17, 15) is 15.0 Å². The van der Waals surface area contributed by atoms with Crippen LogP contribution in [0.5, 0.6) is 11.5 Å². The summed E-state index contributed by atoms with van der Waals surface area (Å²) in [5.74, 6) is -0.260. The standard InChI is InChI=1S/C19H20N2O4/c1-13-3-5-17(22)15(9-13)11-20-7-8-21-12-16-10-14(19(24)25-2)4-6-18(16)23/h3-6,9-12,22-23H,7-8H2,1-2H3. The van der Waals surface area contributed by atoms with Gasteiger partial charge in [-0.15, -0.1) is 0 Å². The highest BCUT2D eigenvalue weighted by atomic mass is 16.5. The van der Waals surface area contributed by atoms with Gasteiger partial charge in [-0.1, -0.05) is 11.6 Å². The van der Waals surface area contributed by atoms with Crippen molar-refractivity contribution in [2.75, 3.05) is 20.2 Å². The van der Waals surface area contributed by atoms with Crippen molar-refractivity contribution in [1.29, 1.82) is 0 Å². The molecular formula is C19H20N2O4. The summed E-state index contributed by atoms with van der Waals surface area (Å²) in [6, 6.07) is 9.72. The van der Waals surface area contributed by atoms with E-state index in [0.717, 1.165) is 5.56 Å². The number of methoxy groups -OCH3 is 1. The molecule has 0 aromatic heterocycles. The maximum atomic E-state index is 11.5. The predicted molar refractivity (Wildman–Crippen MR) is 97.2 cm³/mol. The van der Waals surface area contributed by atoms with Gasteiger partial charge < -0.3 is 14.9 Å². The van der Waals surface area contributed by atoms with Gasteiger partial charge in [-0.05, 0) is 37.3 Å². The molecule has 0 unspecified atom stereocenters. The van der Waals surface area contributed by atoms with E-state index in [4.69, 9.17) is 0 Å². The Balaban J connectivity index is 1.94. The first-order chi connectivity index (χ1) is 12.0. The number of carbonyl (C=O) groups is 1. The smallest absolute Gasteiger partial charge is 0.337 e. The van der Waals surface area contributed by atoms with Crippen molar-refractivity contribution in [1.82, 2.24) is 0 Å². The zero-order valence-electron chi connectivity index (χ0n) is 14.1. The number of hydrogen-bond acceptors (Lipinski definition) is 6. The molecule has 2 N–H and O–H groups in total. The van der Waals surface area contributed by atoms with E-state index in [-0.39, 0.29) is 11.5 Å². The van der Waals surface area contributed by atoms with Crippen LogP contribution in [-0.4, -0.2) is 48.8 Å². The van der Waals surface area contributed by atoms with E-state index in [1.807, 2.05) is 19.1 Å². The monoisotopic (exact) mass is 340 g/mol. The molecule has 0 aliphatic carbocycles. The number of rotatable bonds is 6. The summed E-state index contributed by atoms with van der Waals surface area (Å²) < 4.78 is 4.64. The molecule has 0 atom stereocenters. The Labute approximate surface area is 146 Å². The lowest BCUT2D eigenvalue weighted by Crippen LogP contribution is -2.02. The van der Waals surface area contributed by atoms with Crippen molar-refractivity contribution >= 4 is 18.4 Å². The van der Waals surface area contributed by atoms with Gasteiger partial charge in [-0.25, -0.2) is 4.79 Å². The van der Waals surface area contributed by atoms with E-state index in [0.29, 0.717) is 29.8 Å². The predicted octanol–water partition coefficient (Wildman–Crippen LogP) is 2.73. The van der Waals surface area contributed by atoms with E-state index < -0.39 is 5.97 Å². The summed E-state index contributed by atoms with van der Waals surface area (Å²) in [5.41, 5.74) is 2.48. The van der Waals surface area contributed by atoms with Crippen molar-refractivity contribution in [3.05, 3.63) is 58.7 Å². The average Bonchev–Trinajstić information content (AvgIpc) is 2.61. The van der Waals surface area contributed by atoms with Gasteiger partial charge in [0.25, 0.3) is 0 Å². The van der Waals surface area contributed by atoms with Gasteiger partial charge in [0.15, 0.2) is 0 Å². The van der Waals surface area contributed by atoms with E-state index in [1.165, 1.54) is 31.5 Å². The summed E-state index contributed by atoms with van der Waals surface area (Å²) in [6.45, 7) is 2.78. The van der Waals surface area contributed by atoms with Crippen LogP contribution >= 0.6 is 0 Å². The fourth-order valence-electron chi connectivity index (χ4n) is 2.12. The molecule has 2 aromatic rings. The Kier molecular flexibility index (Phi) is 6.28. The first kappa shape index (κ1) is 18.2. The Morgan fingerprint density at radius 3 is 2.16 bits per heavy atom. The number of ether oxygens (including phenoxy) is 1. The maximum absolute atomic E-state index is 11.5. The van der Waals surface area contributed by atoms with E-state index in [2.05, 4.69) is 14.7 Å². The van der Waals surface area contributed by atoms with E-state index in [1.54, 1.807) is 12.3 Å². The molecule has 0 saturated heterocycles. The Morgan fingerprint density at radius 1 is 1.00 bits per heavy atom. The molecule has 6 nitrogen and oxygen atoms in total. The second-order valence-electron chi connectivity index (χ2n) is 5.40. The third-order valence-corrected chi connectivity index (χ3v) is 3.45. The molecule has 0 spiro atoms. The SMILES string of the molecule is COC(=O)c1ccc(O)c(C=NCCN=Cc2cc(C)ccc2O)c1. The van der Waals surface area contributed by atoms with Crippen LogP contribution in [0.2, 0.25) is 0 Å². The number of carbonyl (C=O) groups excluding carboxylic acids is 1. The number of phenolic OH excluding ortho intramolecular Hbond substituents is 2. The highest BCUT2D eigenvalue weighted by Gasteiger charge is 2.07. The van der Waals surface area contributed by atoms with Crippen LogP contribution in [0.4, 0.5) is 0 Å². The first-order valence-corrected chi connectivity index (χ1v) is 7.72. The zero-order chi connectivity index (χ0) is 18.2. The van der Waals surface area contributed by atoms with E-state index >= 15 is 0 Å². The van der Waals surface area contributed by atoms with Crippen LogP contribution in [0.1, 0.15) is 27.0 Å². The van der Waals surface area contributed by atoms with Crippen LogP contribution < -0.4 is 0 Å². The minimum absolute atomic E-state index is 0.0320. The van der Waals surface area contributed by atoms with Crippen molar-refractivity contribution in [2.45, 2.75) is 6.92 Å².